The number of aliphatic hydroxyl groups excluding tert-OH is 1. The minimum Gasteiger partial charge on any atom is -0.392 e. The van der Waals surface area contributed by atoms with Crippen molar-refractivity contribution in [2.75, 3.05) is 5.73 Å². The topological polar surface area (TPSA) is 103 Å². The summed E-state index contributed by atoms with van der Waals surface area (Å²) in [5.41, 5.74) is 12.8. The Labute approximate surface area is 185 Å². The van der Waals surface area contributed by atoms with E-state index in [1.165, 1.54) is 0 Å². The summed E-state index contributed by atoms with van der Waals surface area (Å²) >= 11 is 0. The molecule has 4 aromatic heterocycles. The van der Waals surface area contributed by atoms with Gasteiger partial charge in [0.25, 0.3) is 0 Å². The van der Waals surface area contributed by atoms with E-state index in [-0.39, 0.29) is 6.61 Å². The highest BCUT2D eigenvalue weighted by Crippen LogP contribution is 2.32. The summed E-state index contributed by atoms with van der Waals surface area (Å²) in [5.74, 6) is 1.05. The fraction of sp³-hybridized carbons (Fsp3) is 0.120. The first-order chi connectivity index (χ1) is 15.7. The summed E-state index contributed by atoms with van der Waals surface area (Å²) in [6.45, 7) is 2.09. The van der Waals surface area contributed by atoms with Crippen molar-refractivity contribution in [3.05, 3.63) is 84.2 Å². The molecular formula is C25H22N6O. The van der Waals surface area contributed by atoms with Crippen LogP contribution in [0.3, 0.4) is 0 Å². The van der Waals surface area contributed by atoms with Gasteiger partial charge in [-0.2, -0.15) is 0 Å². The molecule has 5 aromatic rings. The Hall–Kier alpha value is -4.10. The van der Waals surface area contributed by atoms with Crippen LogP contribution in [0.1, 0.15) is 18.1 Å². The molecule has 0 aliphatic carbocycles. The Morgan fingerprint density at radius 3 is 2.44 bits per heavy atom. The van der Waals surface area contributed by atoms with Gasteiger partial charge in [0.1, 0.15) is 11.3 Å². The van der Waals surface area contributed by atoms with Gasteiger partial charge in [0.05, 0.1) is 23.6 Å². The van der Waals surface area contributed by atoms with Gasteiger partial charge in [-0.15, -0.1) is 0 Å². The van der Waals surface area contributed by atoms with Crippen LogP contribution < -0.4 is 5.73 Å². The minimum atomic E-state index is -0.0186. The number of aromatic nitrogens is 5. The Morgan fingerprint density at radius 1 is 0.906 bits per heavy atom. The van der Waals surface area contributed by atoms with E-state index in [1.54, 1.807) is 12.4 Å². The zero-order valence-electron chi connectivity index (χ0n) is 17.6. The molecule has 3 N–H and O–H groups in total. The van der Waals surface area contributed by atoms with Crippen molar-refractivity contribution in [2.45, 2.75) is 20.0 Å². The average Bonchev–Trinajstić information content (AvgIpc) is 3.22. The van der Waals surface area contributed by atoms with Gasteiger partial charge in [-0.3, -0.25) is 9.55 Å². The summed E-state index contributed by atoms with van der Waals surface area (Å²) in [7, 11) is 0. The highest BCUT2D eigenvalue weighted by molar-refractivity contribution is 5.84. The fourth-order valence-corrected chi connectivity index (χ4v) is 3.83. The van der Waals surface area contributed by atoms with E-state index in [4.69, 9.17) is 15.7 Å². The molecule has 7 nitrogen and oxygen atoms in total. The Kier molecular flexibility index (Phi) is 5.09. The van der Waals surface area contributed by atoms with Gasteiger partial charge in [0.15, 0.2) is 11.5 Å². The van der Waals surface area contributed by atoms with Gasteiger partial charge in [-0.05, 0) is 60.0 Å². The van der Waals surface area contributed by atoms with Crippen LogP contribution in [0.15, 0.2) is 73.1 Å². The number of aryl methyl sites for hydroxylation is 1. The lowest BCUT2D eigenvalue weighted by molar-refractivity contribution is 0.282. The smallest absolute Gasteiger partial charge is 0.165 e. The summed E-state index contributed by atoms with van der Waals surface area (Å²) < 4.78 is 1.97. The molecule has 0 atom stereocenters. The molecular weight excluding hydrogens is 400 g/mol. The summed E-state index contributed by atoms with van der Waals surface area (Å²) in [6, 6.07) is 19.3. The van der Waals surface area contributed by atoms with E-state index in [0.29, 0.717) is 17.3 Å². The van der Waals surface area contributed by atoms with E-state index in [0.717, 1.165) is 45.7 Å². The first kappa shape index (κ1) is 19.8. The second-order valence-electron chi connectivity index (χ2n) is 7.44. The number of nitrogens with zero attached hydrogens (tertiary/aromatic N) is 5. The lowest BCUT2D eigenvalue weighted by atomic mass is 10.1. The normalized spacial score (nSPS) is 11.2. The van der Waals surface area contributed by atoms with Crippen molar-refractivity contribution in [3.63, 3.8) is 0 Å². The maximum atomic E-state index is 9.45. The molecule has 0 saturated heterocycles. The predicted molar refractivity (Wildman–Crippen MR) is 125 cm³/mol. The van der Waals surface area contributed by atoms with Crippen molar-refractivity contribution < 1.29 is 5.11 Å². The quantitative estimate of drug-likeness (QED) is 0.440. The van der Waals surface area contributed by atoms with Crippen LogP contribution >= 0.6 is 0 Å². The number of fused-ring (bicyclic) bond motifs is 1. The summed E-state index contributed by atoms with van der Waals surface area (Å²) in [5, 5.41) is 9.45. The molecule has 0 aliphatic heterocycles. The molecule has 0 amide bonds. The number of imidazole rings is 1. The molecule has 0 unspecified atom stereocenters. The van der Waals surface area contributed by atoms with Crippen LogP contribution in [0.25, 0.3) is 39.6 Å². The van der Waals surface area contributed by atoms with E-state index in [9.17, 15) is 5.11 Å². The fourth-order valence-electron chi connectivity index (χ4n) is 3.83. The number of anilines is 1. The van der Waals surface area contributed by atoms with E-state index in [2.05, 4.69) is 23.0 Å². The van der Waals surface area contributed by atoms with Gasteiger partial charge >= 0.3 is 0 Å². The van der Waals surface area contributed by atoms with Crippen LogP contribution in [0.4, 0.5) is 5.82 Å². The maximum absolute atomic E-state index is 9.45. The van der Waals surface area contributed by atoms with E-state index >= 15 is 0 Å². The lowest BCUT2D eigenvalue weighted by Crippen LogP contribution is -2.02. The molecule has 0 bridgehead atoms. The van der Waals surface area contributed by atoms with E-state index in [1.807, 2.05) is 59.2 Å². The molecule has 4 heterocycles. The molecule has 0 fully saturated rings. The van der Waals surface area contributed by atoms with Crippen molar-refractivity contribution in [2.24, 2.45) is 0 Å². The van der Waals surface area contributed by atoms with Crippen molar-refractivity contribution in [1.29, 1.82) is 0 Å². The van der Waals surface area contributed by atoms with Crippen molar-refractivity contribution in [1.82, 2.24) is 24.5 Å². The van der Waals surface area contributed by atoms with Crippen LogP contribution in [-0.4, -0.2) is 29.6 Å². The molecule has 1 aromatic carbocycles. The Bertz CT molecular complexity index is 1410. The largest absolute Gasteiger partial charge is 0.392 e. The van der Waals surface area contributed by atoms with Crippen LogP contribution in [-0.2, 0) is 13.0 Å². The molecule has 158 valence electrons. The van der Waals surface area contributed by atoms with Gasteiger partial charge in [-0.1, -0.05) is 25.1 Å². The molecule has 0 spiro atoms. The number of benzene rings is 1. The van der Waals surface area contributed by atoms with Gasteiger partial charge in [-0.25, -0.2) is 15.0 Å². The monoisotopic (exact) mass is 422 g/mol. The molecule has 7 heteroatoms. The SMILES string of the molecule is CCc1cccnc1-c1ccc2nc(-c3cccnc3N)n(-c3ccc(CO)cc3)c2n1. The second kappa shape index (κ2) is 8.20. The van der Waals surface area contributed by atoms with Crippen molar-refractivity contribution >= 4 is 17.0 Å². The molecule has 0 aliphatic rings. The van der Waals surface area contributed by atoms with Crippen LogP contribution in [0, 0.1) is 0 Å². The van der Waals surface area contributed by atoms with Crippen LogP contribution in [0.2, 0.25) is 0 Å². The third kappa shape index (κ3) is 3.38. The first-order valence-corrected chi connectivity index (χ1v) is 10.4. The van der Waals surface area contributed by atoms with Crippen molar-refractivity contribution in [3.8, 4) is 28.5 Å². The number of nitrogens with two attached hydrogens (primary N) is 1. The minimum absolute atomic E-state index is 0.0186. The molecule has 0 saturated carbocycles. The number of hydrogen-bond donors (Lipinski definition) is 2. The summed E-state index contributed by atoms with van der Waals surface area (Å²) in [6.07, 6.45) is 4.31. The van der Waals surface area contributed by atoms with Gasteiger partial charge < -0.3 is 10.8 Å². The van der Waals surface area contributed by atoms with E-state index < -0.39 is 0 Å². The summed E-state index contributed by atoms with van der Waals surface area (Å²) in [4.78, 5) is 18.6. The number of rotatable bonds is 5. The standard InChI is InChI=1S/C25H22N6O/c1-2-17-5-3-13-27-22(17)20-11-12-21-25(29-20)31(18-9-7-16(15-32)8-10-18)24(30-21)19-6-4-14-28-23(19)26/h3-14,32H,2,15H2,1H3,(H2,26,28). The Morgan fingerprint density at radius 2 is 1.69 bits per heavy atom. The van der Waals surface area contributed by atoms with Crippen LogP contribution in [0.5, 0.6) is 0 Å². The zero-order chi connectivity index (χ0) is 22.1. The first-order valence-electron chi connectivity index (χ1n) is 10.4. The maximum Gasteiger partial charge on any atom is 0.165 e. The predicted octanol–water partition coefficient (Wildman–Crippen LogP) is 4.18. The Balaban J connectivity index is 1.79. The number of hydrogen-bond acceptors (Lipinski definition) is 6. The third-order valence-electron chi connectivity index (χ3n) is 5.48. The van der Waals surface area contributed by atoms with Gasteiger partial charge in [0, 0.05) is 18.1 Å². The molecule has 32 heavy (non-hydrogen) atoms. The number of aliphatic hydroxyl groups is 1. The molecule has 5 rings (SSSR count). The zero-order valence-corrected chi connectivity index (χ0v) is 17.6. The highest BCUT2D eigenvalue weighted by Gasteiger charge is 2.19. The van der Waals surface area contributed by atoms with Gasteiger partial charge in [0.2, 0.25) is 0 Å². The highest BCUT2D eigenvalue weighted by atomic mass is 16.3. The number of pyridine rings is 3. The average molecular weight is 422 g/mol. The number of nitrogen functional groups attached to an aromatic ring is 1. The third-order valence-corrected chi connectivity index (χ3v) is 5.48. The lowest BCUT2D eigenvalue weighted by Gasteiger charge is -2.11. The molecule has 0 radical (unpaired) electrons. The second-order valence-corrected chi connectivity index (χ2v) is 7.44.